The normalized spacial score (nSPS) is 21.2. The predicted molar refractivity (Wildman–Crippen MR) is 97.2 cm³/mol. The third-order valence-electron chi connectivity index (χ3n) is 4.92. The number of phenolic OH excluding ortho intramolecular Hbond substituents is 1. The lowest BCUT2D eigenvalue weighted by atomic mass is 9.94. The van der Waals surface area contributed by atoms with E-state index < -0.39 is 12.0 Å². The van der Waals surface area contributed by atoms with Crippen molar-refractivity contribution in [2.75, 3.05) is 46.5 Å². The molecule has 2 amide bonds. The van der Waals surface area contributed by atoms with E-state index in [1.807, 2.05) is 0 Å². The SMILES string of the molecule is CCOC(=O)C1=C(C[NH+]2CCOCC2)N(C)C(=O)N[C@H]1c1ccc(O)cc1. The van der Waals surface area contributed by atoms with Crippen LogP contribution in [-0.2, 0) is 14.3 Å². The summed E-state index contributed by atoms with van der Waals surface area (Å²) >= 11 is 0. The first kappa shape index (κ1) is 19.2. The lowest BCUT2D eigenvalue weighted by molar-refractivity contribution is -0.904. The van der Waals surface area contributed by atoms with Crippen LogP contribution < -0.4 is 10.2 Å². The molecule has 0 unspecified atom stereocenters. The van der Waals surface area contributed by atoms with Gasteiger partial charge in [-0.25, -0.2) is 9.59 Å². The van der Waals surface area contributed by atoms with E-state index in [9.17, 15) is 14.7 Å². The third kappa shape index (κ3) is 4.23. The van der Waals surface area contributed by atoms with Crippen molar-refractivity contribution in [3.63, 3.8) is 0 Å². The number of nitrogens with zero attached hydrogens (tertiary/aromatic N) is 1. The Hall–Kier alpha value is -2.58. The average Bonchev–Trinajstić information content (AvgIpc) is 2.67. The van der Waals surface area contributed by atoms with Crippen molar-refractivity contribution in [1.82, 2.24) is 10.2 Å². The maximum absolute atomic E-state index is 12.8. The number of morpholine rings is 1. The number of nitrogens with one attached hydrogen (secondary N) is 2. The van der Waals surface area contributed by atoms with E-state index in [-0.39, 0.29) is 18.4 Å². The molecule has 2 aliphatic rings. The number of rotatable bonds is 5. The summed E-state index contributed by atoms with van der Waals surface area (Å²) in [6.45, 7) is 5.50. The van der Waals surface area contributed by atoms with Crippen LogP contribution in [-0.4, -0.2) is 68.5 Å². The van der Waals surface area contributed by atoms with Crippen LogP contribution in [0.15, 0.2) is 35.5 Å². The fraction of sp³-hybridized carbons (Fsp3) is 0.474. The maximum Gasteiger partial charge on any atom is 0.338 e. The minimum absolute atomic E-state index is 0.123. The third-order valence-corrected chi connectivity index (χ3v) is 4.92. The van der Waals surface area contributed by atoms with Gasteiger partial charge in [0.2, 0.25) is 0 Å². The second kappa shape index (κ2) is 8.41. The van der Waals surface area contributed by atoms with Crippen LogP contribution in [0.4, 0.5) is 4.79 Å². The molecule has 0 spiro atoms. The van der Waals surface area contributed by atoms with Gasteiger partial charge in [0.05, 0.1) is 37.1 Å². The minimum Gasteiger partial charge on any atom is -0.508 e. The number of likely N-dealkylation sites (N-methyl/N-ethyl adjacent to an activating group) is 1. The topological polar surface area (TPSA) is 92.5 Å². The lowest BCUT2D eigenvalue weighted by Gasteiger charge is -2.36. The molecule has 146 valence electrons. The molecular weight excluding hydrogens is 350 g/mol. The van der Waals surface area contributed by atoms with Gasteiger partial charge in [-0.1, -0.05) is 12.1 Å². The number of quaternary nitrogens is 1. The van der Waals surface area contributed by atoms with Gasteiger partial charge in [0.25, 0.3) is 0 Å². The van der Waals surface area contributed by atoms with Gasteiger partial charge in [-0.3, -0.25) is 4.90 Å². The summed E-state index contributed by atoms with van der Waals surface area (Å²) in [7, 11) is 1.66. The minimum atomic E-state index is -0.621. The second-order valence-corrected chi connectivity index (χ2v) is 6.65. The molecule has 0 aromatic heterocycles. The summed E-state index contributed by atoms with van der Waals surface area (Å²) < 4.78 is 10.7. The molecule has 0 saturated carbocycles. The molecule has 0 bridgehead atoms. The van der Waals surface area contributed by atoms with Crippen molar-refractivity contribution >= 4 is 12.0 Å². The zero-order valence-electron chi connectivity index (χ0n) is 15.7. The molecule has 0 radical (unpaired) electrons. The number of ether oxygens (including phenoxy) is 2. The van der Waals surface area contributed by atoms with E-state index >= 15 is 0 Å². The van der Waals surface area contributed by atoms with Crippen molar-refractivity contribution in [3.8, 4) is 5.75 Å². The number of carbonyl (C=O) groups excluding carboxylic acids is 2. The monoisotopic (exact) mass is 376 g/mol. The Balaban J connectivity index is 2.03. The molecule has 1 saturated heterocycles. The molecule has 0 aliphatic carbocycles. The molecule has 1 fully saturated rings. The first-order valence-corrected chi connectivity index (χ1v) is 9.16. The molecule has 2 aliphatic heterocycles. The van der Waals surface area contributed by atoms with Gasteiger partial charge >= 0.3 is 12.0 Å². The molecule has 1 aromatic carbocycles. The van der Waals surface area contributed by atoms with Crippen molar-refractivity contribution < 1.29 is 29.1 Å². The number of esters is 1. The highest BCUT2D eigenvalue weighted by Crippen LogP contribution is 2.31. The van der Waals surface area contributed by atoms with E-state index in [0.717, 1.165) is 13.1 Å². The number of hydrogen-bond donors (Lipinski definition) is 3. The van der Waals surface area contributed by atoms with E-state index in [0.29, 0.717) is 36.6 Å². The largest absolute Gasteiger partial charge is 0.508 e. The quantitative estimate of drug-likeness (QED) is 0.620. The highest BCUT2D eigenvalue weighted by atomic mass is 16.5. The molecule has 1 aromatic rings. The Morgan fingerprint density at radius 1 is 1.33 bits per heavy atom. The van der Waals surface area contributed by atoms with E-state index in [1.54, 1.807) is 26.1 Å². The zero-order valence-corrected chi connectivity index (χ0v) is 15.7. The Morgan fingerprint density at radius 3 is 2.63 bits per heavy atom. The second-order valence-electron chi connectivity index (χ2n) is 6.65. The van der Waals surface area contributed by atoms with Gasteiger partial charge in [-0.05, 0) is 24.6 Å². The van der Waals surface area contributed by atoms with E-state index in [4.69, 9.17) is 9.47 Å². The zero-order chi connectivity index (χ0) is 19.4. The summed E-state index contributed by atoms with van der Waals surface area (Å²) in [5.74, 6) is -0.317. The van der Waals surface area contributed by atoms with Crippen LogP contribution in [0.3, 0.4) is 0 Å². The Kier molecular flexibility index (Phi) is 5.98. The predicted octanol–water partition coefficient (Wildman–Crippen LogP) is -0.179. The van der Waals surface area contributed by atoms with E-state index in [2.05, 4.69) is 5.32 Å². The Bertz CT molecular complexity index is 725. The molecule has 1 atom stereocenters. The standard InChI is InChI=1S/C19H25N3O5/c1-3-27-18(24)16-15(12-22-8-10-26-11-9-22)21(2)19(25)20-17(16)13-4-6-14(23)7-5-13/h4-7,17,23H,3,8-12H2,1-2H3,(H,20,25)/p+1/t17-/m0/s1. The molecule has 3 N–H and O–H groups in total. The first-order valence-electron chi connectivity index (χ1n) is 9.16. The summed E-state index contributed by atoms with van der Waals surface area (Å²) in [5.41, 5.74) is 1.81. The van der Waals surface area contributed by atoms with Crippen molar-refractivity contribution in [1.29, 1.82) is 0 Å². The average molecular weight is 376 g/mol. The number of phenols is 1. The molecule has 3 rings (SSSR count). The van der Waals surface area contributed by atoms with Gasteiger partial charge in [-0.15, -0.1) is 0 Å². The van der Waals surface area contributed by atoms with Crippen molar-refractivity contribution in [2.45, 2.75) is 13.0 Å². The molecular formula is C19H26N3O5+. The van der Waals surface area contributed by atoms with E-state index in [1.165, 1.54) is 21.9 Å². The summed E-state index contributed by atoms with van der Waals surface area (Å²) in [4.78, 5) is 28.1. The molecule has 8 heteroatoms. The van der Waals surface area contributed by atoms with Crippen LogP contribution in [0, 0.1) is 0 Å². The van der Waals surface area contributed by atoms with Gasteiger partial charge in [0, 0.05) is 7.05 Å². The first-order chi connectivity index (χ1) is 13.0. The van der Waals surface area contributed by atoms with Gasteiger partial charge in [0.15, 0.2) is 0 Å². The van der Waals surface area contributed by atoms with Crippen molar-refractivity contribution in [3.05, 3.63) is 41.1 Å². The number of benzene rings is 1. The smallest absolute Gasteiger partial charge is 0.338 e. The number of hydrogen-bond acceptors (Lipinski definition) is 5. The Labute approximate surface area is 158 Å². The van der Waals surface area contributed by atoms with Crippen LogP contribution in [0.1, 0.15) is 18.5 Å². The van der Waals surface area contributed by atoms with Crippen LogP contribution >= 0.6 is 0 Å². The van der Waals surface area contributed by atoms with Crippen molar-refractivity contribution in [2.24, 2.45) is 0 Å². The number of carbonyl (C=O) groups is 2. The van der Waals surface area contributed by atoms with Crippen LogP contribution in [0.25, 0.3) is 0 Å². The summed E-state index contributed by atoms with van der Waals surface area (Å²) in [6, 6.07) is 5.58. The highest BCUT2D eigenvalue weighted by Gasteiger charge is 2.38. The van der Waals surface area contributed by atoms with Gasteiger partial charge in [-0.2, -0.15) is 0 Å². The molecule has 27 heavy (non-hydrogen) atoms. The Morgan fingerprint density at radius 2 is 2.00 bits per heavy atom. The molecule has 2 heterocycles. The summed E-state index contributed by atoms with van der Waals surface area (Å²) in [5, 5.41) is 12.4. The maximum atomic E-state index is 12.8. The van der Waals surface area contributed by atoms with Crippen LogP contribution in [0.2, 0.25) is 0 Å². The summed E-state index contributed by atoms with van der Waals surface area (Å²) in [6.07, 6.45) is 0. The number of amides is 2. The number of aromatic hydroxyl groups is 1. The van der Waals surface area contributed by atoms with Gasteiger partial charge < -0.3 is 24.8 Å². The fourth-order valence-electron chi connectivity index (χ4n) is 3.41. The number of urea groups is 1. The lowest BCUT2D eigenvalue weighted by Crippen LogP contribution is -3.14. The molecule has 8 nitrogen and oxygen atoms in total. The fourth-order valence-corrected chi connectivity index (χ4v) is 3.41. The highest BCUT2D eigenvalue weighted by molar-refractivity contribution is 5.95. The van der Waals surface area contributed by atoms with Gasteiger partial charge in [0.1, 0.15) is 25.4 Å². The van der Waals surface area contributed by atoms with Crippen LogP contribution in [0.5, 0.6) is 5.75 Å².